The number of aliphatic hydroxyl groups is 1. The first-order valence-electron chi connectivity index (χ1n) is 7.05. The Labute approximate surface area is 124 Å². The van der Waals surface area contributed by atoms with E-state index in [1.165, 1.54) is 0 Å². The van der Waals surface area contributed by atoms with E-state index in [1.54, 1.807) is 14.2 Å². The SMILES string of the molecule is CCNC(=O)NC1Cc2c(OC)ccc(OC)c2CC1O. The second kappa shape index (κ2) is 6.67. The first-order chi connectivity index (χ1) is 10.1. The van der Waals surface area contributed by atoms with E-state index in [4.69, 9.17) is 9.47 Å². The molecular formula is C15H22N2O4. The van der Waals surface area contributed by atoms with Gasteiger partial charge in [0.2, 0.25) is 0 Å². The van der Waals surface area contributed by atoms with E-state index < -0.39 is 6.10 Å². The zero-order valence-electron chi connectivity index (χ0n) is 12.6. The van der Waals surface area contributed by atoms with E-state index in [0.29, 0.717) is 19.4 Å². The van der Waals surface area contributed by atoms with Gasteiger partial charge in [0.15, 0.2) is 0 Å². The molecule has 2 atom stereocenters. The third-order valence-electron chi connectivity index (χ3n) is 3.74. The van der Waals surface area contributed by atoms with Crippen molar-refractivity contribution < 1.29 is 19.4 Å². The van der Waals surface area contributed by atoms with Crippen molar-refractivity contribution in [1.29, 1.82) is 0 Å². The number of methoxy groups -OCH3 is 2. The number of ether oxygens (including phenoxy) is 2. The predicted molar refractivity (Wildman–Crippen MR) is 79.0 cm³/mol. The Hall–Kier alpha value is -1.95. The number of nitrogens with one attached hydrogen (secondary N) is 2. The van der Waals surface area contributed by atoms with Crippen LogP contribution in [0.15, 0.2) is 12.1 Å². The largest absolute Gasteiger partial charge is 0.496 e. The lowest BCUT2D eigenvalue weighted by Gasteiger charge is -2.32. The molecule has 0 fully saturated rings. The molecule has 116 valence electrons. The van der Waals surface area contributed by atoms with Gasteiger partial charge in [0.1, 0.15) is 11.5 Å². The number of amides is 2. The fraction of sp³-hybridized carbons (Fsp3) is 0.533. The summed E-state index contributed by atoms with van der Waals surface area (Å²) in [4.78, 5) is 11.7. The average Bonchev–Trinajstić information content (AvgIpc) is 2.47. The highest BCUT2D eigenvalue weighted by Crippen LogP contribution is 2.36. The summed E-state index contributed by atoms with van der Waals surface area (Å²) < 4.78 is 10.7. The molecule has 1 aromatic rings. The zero-order chi connectivity index (χ0) is 15.4. The Kier molecular flexibility index (Phi) is 4.90. The maximum atomic E-state index is 11.7. The van der Waals surface area contributed by atoms with Gasteiger partial charge in [0, 0.05) is 24.1 Å². The quantitative estimate of drug-likeness (QED) is 0.769. The summed E-state index contributed by atoms with van der Waals surface area (Å²) in [7, 11) is 3.22. The Morgan fingerprint density at radius 1 is 1.24 bits per heavy atom. The van der Waals surface area contributed by atoms with Crippen molar-refractivity contribution >= 4 is 6.03 Å². The van der Waals surface area contributed by atoms with Gasteiger partial charge in [-0.15, -0.1) is 0 Å². The van der Waals surface area contributed by atoms with Crippen LogP contribution in [0.1, 0.15) is 18.1 Å². The van der Waals surface area contributed by atoms with E-state index in [-0.39, 0.29) is 12.1 Å². The Morgan fingerprint density at radius 2 is 1.81 bits per heavy atom. The molecule has 0 radical (unpaired) electrons. The molecule has 0 saturated heterocycles. The predicted octanol–water partition coefficient (Wildman–Crippen LogP) is 0.851. The first-order valence-corrected chi connectivity index (χ1v) is 7.05. The number of fused-ring (bicyclic) bond motifs is 1. The molecule has 21 heavy (non-hydrogen) atoms. The smallest absolute Gasteiger partial charge is 0.315 e. The van der Waals surface area contributed by atoms with Crippen LogP contribution in [0.2, 0.25) is 0 Å². The molecule has 3 N–H and O–H groups in total. The fourth-order valence-electron chi connectivity index (χ4n) is 2.71. The van der Waals surface area contributed by atoms with Crippen molar-refractivity contribution in [3.8, 4) is 11.5 Å². The number of benzene rings is 1. The van der Waals surface area contributed by atoms with Gasteiger partial charge in [-0.3, -0.25) is 0 Å². The molecule has 0 spiro atoms. The summed E-state index contributed by atoms with van der Waals surface area (Å²) in [5, 5.41) is 15.8. The van der Waals surface area contributed by atoms with Gasteiger partial charge in [-0.05, 0) is 25.5 Å². The molecule has 1 aliphatic carbocycles. The second-order valence-corrected chi connectivity index (χ2v) is 5.01. The van der Waals surface area contributed by atoms with E-state index in [2.05, 4.69) is 10.6 Å². The molecule has 1 aromatic carbocycles. The number of rotatable bonds is 4. The van der Waals surface area contributed by atoms with Gasteiger partial charge in [0.05, 0.1) is 26.4 Å². The van der Waals surface area contributed by atoms with E-state index in [9.17, 15) is 9.90 Å². The van der Waals surface area contributed by atoms with Crippen molar-refractivity contribution in [3.05, 3.63) is 23.3 Å². The lowest BCUT2D eigenvalue weighted by Crippen LogP contribution is -2.51. The number of hydrogen-bond acceptors (Lipinski definition) is 4. The van der Waals surface area contributed by atoms with Crippen LogP contribution in [-0.2, 0) is 12.8 Å². The van der Waals surface area contributed by atoms with Crippen molar-refractivity contribution in [2.24, 2.45) is 0 Å². The molecule has 6 heteroatoms. The standard InChI is InChI=1S/C15H22N2O4/c1-4-16-15(19)17-11-7-9-10(8-12(11)18)14(21-3)6-5-13(9)20-2/h5-6,11-12,18H,4,7-8H2,1-3H3,(H2,16,17,19). The molecule has 2 amide bonds. The van der Waals surface area contributed by atoms with Crippen molar-refractivity contribution in [3.63, 3.8) is 0 Å². The van der Waals surface area contributed by atoms with E-state index in [1.807, 2.05) is 19.1 Å². The van der Waals surface area contributed by atoms with Gasteiger partial charge in [-0.25, -0.2) is 4.79 Å². The van der Waals surface area contributed by atoms with Gasteiger partial charge in [-0.1, -0.05) is 0 Å². The summed E-state index contributed by atoms with van der Waals surface area (Å²) in [5.74, 6) is 1.49. The van der Waals surface area contributed by atoms with Crippen molar-refractivity contribution in [2.45, 2.75) is 31.9 Å². The topological polar surface area (TPSA) is 79.8 Å². The number of aliphatic hydroxyl groups excluding tert-OH is 1. The zero-order valence-corrected chi connectivity index (χ0v) is 12.6. The molecule has 0 aromatic heterocycles. The lowest BCUT2D eigenvalue weighted by atomic mass is 9.85. The van der Waals surface area contributed by atoms with Crippen LogP contribution >= 0.6 is 0 Å². The number of urea groups is 1. The third kappa shape index (κ3) is 3.21. The summed E-state index contributed by atoms with van der Waals surface area (Å²) in [6.07, 6.45) is 0.280. The van der Waals surface area contributed by atoms with Crippen molar-refractivity contribution in [1.82, 2.24) is 10.6 Å². The van der Waals surface area contributed by atoms with Gasteiger partial charge in [0.25, 0.3) is 0 Å². The summed E-state index contributed by atoms with van der Waals surface area (Å²) in [5.41, 5.74) is 1.92. The van der Waals surface area contributed by atoms with E-state index in [0.717, 1.165) is 22.6 Å². The highest BCUT2D eigenvalue weighted by Gasteiger charge is 2.32. The summed E-state index contributed by atoms with van der Waals surface area (Å²) in [6.45, 7) is 2.39. The minimum absolute atomic E-state index is 0.271. The second-order valence-electron chi connectivity index (χ2n) is 5.01. The van der Waals surface area contributed by atoms with Crippen molar-refractivity contribution in [2.75, 3.05) is 20.8 Å². The minimum Gasteiger partial charge on any atom is -0.496 e. The molecule has 0 saturated carbocycles. The maximum absolute atomic E-state index is 11.7. The van der Waals surface area contributed by atoms with Gasteiger partial charge >= 0.3 is 6.03 Å². The highest BCUT2D eigenvalue weighted by molar-refractivity contribution is 5.74. The number of carbonyl (C=O) groups is 1. The van der Waals surface area contributed by atoms with Crippen LogP contribution in [0.25, 0.3) is 0 Å². The Bertz CT molecular complexity index is 519. The fourth-order valence-corrected chi connectivity index (χ4v) is 2.71. The normalized spacial score (nSPS) is 20.4. The van der Waals surface area contributed by atoms with Crippen LogP contribution in [0.3, 0.4) is 0 Å². The molecule has 0 heterocycles. The lowest BCUT2D eigenvalue weighted by molar-refractivity contribution is 0.120. The molecule has 2 unspecified atom stereocenters. The molecule has 6 nitrogen and oxygen atoms in total. The van der Waals surface area contributed by atoms with Crippen LogP contribution in [-0.4, -0.2) is 44.0 Å². The summed E-state index contributed by atoms with van der Waals surface area (Å²) >= 11 is 0. The maximum Gasteiger partial charge on any atom is 0.315 e. The van der Waals surface area contributed by atoms with Crippen LogP contribution in [0.4, 0.5) is 4.79 Å². The third-order valence-corrected chi connectivity index (χ3v) is 3.74. The van der Waals surface area contributed by atoms with Crippen LogP contribution < -0.4 is 20.1 Å². The van der Waals surface area contributed by atoms with Gasteiger partial charge in [-0.2, -0.15) is 0 Å². The van der Waals surface area contributed by atoms with Crippen LogP contribution in [0, 0.1) is 0 Å². The van der Waals surface area contributed by atoms with Gasteiger partial charge < -0.3 is 25.2 Å². The monoisotopic (exact) mass is 294 g/mol. The van der Waals surface area contributed by atoms with Crippen LogP contribution in [0.5, 0.6) is 11.5 Å². The number of carbonyl (C=O) groups excluding carboxylic acids is 1. The highest BCUT2D eigenvalue weighted by atomic mass is 16.5. The molecular weight excluding hydrogens is 272 g/mol. The Balaban J connectivity index is 2.26. The average molecular weight is 294 g/mol. The number of hydrogen-bond donors (Lipinski definition) is 3. The first kappa shape index (κ1) is 15.4. The molecule has 0 bridgehead atoms. The Morgan fingerprint density at radius 3 is 2.33 bits per heavy atom. The summed E-state index contributed by atoms with van der Waals surface area (Å²) in [6, 6.07) is 3.07. The molecule has 1 aliphatic rings. The molecule has 0 aliphatic heterocycles. The molecule has 2 rings (SSSR count). The van der Waals surface area contributed by atoms with E-state index >= 15 is 0 Å². The minimum atomic E-state index is -0.652.